The van der Waals surface area contributed by atoms with Gasteiger partial charge in [0.15, 0.2) is 5.75 Å². The van der Waals surface area contributed by atoms with Crippen molar-refractivity contribution in [1.29, 1.82) is 0 Å². The lowest BCUT2D eigenvalue weighted by Crippen LogP contribution is -2.54. The van der Waals surface area contributed by atoms with E-state index in [4.69, 9.17) is 38.4 Å². The quantitative estimate of drug-likeness (QED) is 0.826. The van der Waals surface area contributed by atoms with Crippen molar-refractivity contribution in [3.05, 3.63) is 28.2 Å². The molecule has 2 N–H and O–H groups in total. The van der Waals surface area contributed by atoms with E-state index in [2.05, 4.69) is 4.90 Å². The van der Waals surface area contributed by atoms with Crippen LogP contribution in [0.25, 0.3) is 0 Å². The van der Waals surface area contributed by atoms with Crippen molar-refractivity contribution in [3.8, 4) is 5.75 Å². The molecule has 0 aromatic heterocycles. The molecule has 1 aliphatic heterocycles. The summed E-state index contributed by atoms with van der Waals surface area (Å²) in [5.74, 6) is 0.900. The van der Waals surface area contributed by atoms with Crippen LogP contribution in [0.5, 0.6) is 5.75 Å². The highest BCUT2D eigenvalue weighted by Crippen LogP contribution is 2.37. The number of fused-ring (bicyclic) bond motifs is 1. The molecule has 1 amide bonds. The molecular weight excluding hydrogens is 363 g/mol. The molecule has 0 radical (unpaired) electrons. The zero-order valence-electron chi connectivity index (χ0n) is 14.1. The van der Waals surface area contributed by atoms with E-state index >= 15 is 0 Å². The van der Waals surface area contributed by atoms with Crippen LogP contribution in [0.1, 0.15) is 32.1 Å². The van der Waals surface area contributed by atoms with Gasteiger partial charge in [0.25, 0.3) is 0 Å². The number of piperidine rings is 1. The first-order chi connectivity index (χ1) is 12.1. The number of hydrogen-bond donors (Lipinski definition) is 1. The van der Waals surface area contributed by atoms with Gasteiger partial charge in [-0.2, -0.15) is 0 Å². The zero-order valence-corrected chi connectivity index (χ0v) is 15.6. The highest BCUT2D eigenvalue weighted by Gasteiger charge is 2.40. The number of likely N-dealkylation sites (tertiary alicyclic amines) is 1. The number of halogens is 2. The van der Waals surface area contributed by atoms with Gasteiger partial charge in [-0.3, -0.25) is 4.90 Å². The Morgan fingerprint density at radius 3 is 2.64 bits per heavy atom. The highest BCUT2D eigenvalue weighted by molar-refractivity contribution is 6.37. The third kappa shape index (κ3) is 4.52. The number of hydrogen-bond acceptors (Lipinski definition) is 4. The summed E-state index contributed by atoms with van der Waals surface area (Å²) < 4.78 is 11.2. The molecule has 3 atom stereocenters. The summed E-state index contributed by atoms with van der Waals surface area (Å²) in [5.41, 5.74) is 5.23. The average Bonchev–Trinajstić information content (AvgIpc) is 2.59. The topological polar surface area (TPSA) is 64.8 Å². The molecule has 3 unspecified atom stereocenters. The molecule has 25 heavy (non-hydrogen) atoms. The summed E-state index contributed by atoms with van der Waals surface area (Å²) in [6.07, 6.45) is 4.68. The molecule has 5 nitrogen and oxygen atoms in total. The molecule has 0 bridgehead atoms. The fourth-order valence-corrected chi connectivity index (χ4v) is 4.67. The number of para-hydroxylation sites is 1. The number of ether oxygens (including phenoxy) is 2. The fraction of sp³-hybridized carbons (Fsp3) is 0.611. The summed E-state index contributed by atoms with van der Waals surface area (Å²) in [5, 5.41) is 1.05. The van der Waals surface area contributed by atoms with Gasteiger partial charge in [-0.05, 0) is 31.4 Å². The van der Waals surface area contributed by atoms with Gasteiger partial charge < -0.3 is 15.2 Å². The van der Waals surface area contributed by atoms with Crippen LogP contribution in [0, 0.1) is 5.92 Å². The Morgan fingerprint density at radius 2 is 1.92 bits per heavy atom. The Labute approximate surface area is 158 Å². The predicted molar refractivity (Wildman–Crippen MR) is 98.3 cm³/mol. The van der Waals surface area contributed by atoms with Crippen LogP contribution in [0.4, 0.5) is 4.79 Å². The smallest absolute Gasteiger partial charge is 0.404 e. The summed E-state index contributed by atoms with van der Waals surface area (Å²) in [6.45, 7) is 2.19. The normalized spacial score (nSPS) is 26.7. The van der Waals surface area contributed by atoms with Gasteiger partial charge in [0, 0.05) is 25.0 Å². The van der Waals surface area contributed by atoms with Gasteiger partial charge in [-0.15, -0.1) is 0 Å². The van der Waals surface area contributed by atoms with E-state index in [1.54, 1.807) is 18.2 Å². The Morgan fingerprint density at radius 1 is 1.20 bits per heavy atom. The molecule has 2 aliphatic rings. The van der Waals surface area contributed by atoms with Gasteiger partial charge in [0.2, 0.25) is 0 Å². The fourth-order valence-electron chi connectivity index (χ4n) is 4.16. The predicted octanol–water partition coefficient (Wildman–Crippen LogP) is 4.10. The molecule has 1 saturated heterocycles. The lowest BCUT2D eigenvalue weighted by Gasteiger charge is -2.47. The van der Waals surface area contributed by atoms with Crippen molar-refractivity contribution in [3.63, 3.8) is 0 Å². The maximum Gasteiger partial charge on any atom is 0.404 e. The number of primary amides is 1. The van der Waals surface area contributed by atoms with Crippen LogP contribution in [-0.4, -0.2) is 42.8 Å². The third-order valence-corrected chi connectivity index (χ3v) is 5.84. The molecule has 1 aromatic rings. The summed E-state index contributed by atoms with van der Waals surface area (Å²) in [6, 6.07) is 5.75. The van der Waals surface area contributed by atoms with E-state index in [1.807, 2.05) is 0 Å². The molecule has 1 aliphatic carbocycles. The Balaban J connectivity index is 1.58. The second kappa shape index (κ2) is 8.47. The van der Waals surface area contributed by atoms with E-state index in [9.17, 15) is 4.79 Å². The number of carbonyl (C=O) groups excluding carboxylic acids is 1. The first-order valence-corrected chi connectivity index (χ1v) is 9.59. The Hall–Kier alpha value is -1.17. The molecule has 1 heterocycles. The van der Waals surface area contributed by atoms with Crippen molar-refractivity contribution in [2.45, 2.75) is 44.2 Å². The van der Waals surface area contributed by atoms with Gasteiger partial charge in [0.05, 0.1) is 10.0 Å². The Kier molecular flexibility index (Phi) is 6.31. The molecule has 0 spiro atoms. The van der Waals surface area contributed by atoms with Gasteiger partial charge in [-0.25, -0.2) is 4.79 Å². The first-order valence-electron chi connectivity index (χ1n) is 8.83. The second-order valence-corrected chi connectivity index (χ2v) is 7.53. The number of nitrogens with two attached hydrogens (primary N) is 1. The number of rotatable bonds is 5. The van der Waals surface area contributed by atoms with Crippen LogP contribution in [-0.2, 0) is 4.74 Å². The number of benzene rings is 1. The van der Waals surface area contributed by atoms with Crippen LogP contribution >= 0.6 is 23.2 Å². The minimum atomic E-state index is -0.667. The third-order valence-electron chi connectivity index (χ3n) is 5.24. The monoisotopic (exact) mass is 386 g/mol. The maximum atomic E-state index is 11.2. The molecule has 1 aromatic carbocycles. The molecule has 7 heteroatoms. The minimum Gasteiger partial charge on any atom is -0.489 e. The van der Waals surface area contributed by atoms with Crippen molar-refractivity contribution in [1.82, 2.24) is 4.90 Å². The molecular formula is C18H24Cl2N2O3. The van der Waals surface area contributed by atoms with E-state index in [-0.39, 0.29) is 6.10 Å². The van der Waals surface area contributed by atoms with Crippen LogP contribution in [0.2, 0.25) is 10.0 Å². The highest BCUT2D eigenvalue weighted by atomic mass is 35.5. The second-order valence-electron chi connectivity index (χ2n) is 6.71. The van der Waals surface area contributed by atoms with Crippen LogP contribution < -0.4 is 10.5 Å². The van der Waals surface area contributed by atoms with Crippen molar-refractivity contribution in [2.24, 2.45) is 11.7 Å². The molecule has 1 saturated carbocycles. The van der Waals surface area contributed by atoms with E-state index < -0.39 is 6.09 Å². The summed E-state index contributed by atoms with van der Waals surface area (Å²) in [4.78, 5) is 13.6. The van der Waals surface area contributed by atoms with Gasteiger partial charge in [0.1, 0.15) is 12.7 Å². The van der Waals surface area contributed by atoms with E-state index in [0.717, 1.165) is 32.4 Å². The zero-order chi connectivity index (χ0) is 17.8. The summed E-state index contributed by atoms with van der Waals surface area (Å²) in [7, 11) is 0. The standard InChI is InChI=1S/C18H24Cl2N2O3/c19-13-5-3-6-14(20)17(13)24-11-10-22-9-8-16(25-18(21)23)12-4-1-2-7-15(12)22/h3,5-6,12,15-16H,1-2,4,7-11H2,(H2,21,23). The van der Waals surface area contributed by atoms with Crippen molar-refractivity contribution in [2.75, 3.05) is 19.7 Å². The lowest BCUT2D eigenvalue weighted by molar-refractivity contribution is -0.0443. The Bertz CT molecular complexity index is 594. The van der Waals surface area contributed by atoms with Crippen LogP contribution in [0.15, 0.2) is 18.2 Å². The van der Waals surface area contributed by atoms with Gasteiger partial charge in [-0.1, -0.05) is 42.1 Å². The molecule has 3 rings (SSSR count). The summed E-state index contributed by atoms with van der Waals surface area (Å²) >= 11 is 12.3. The number of amides is 1. The van der Waals surface area contributed by atoms with Gasteiger partial charge >= 0.3 is 6.09 Å². The van der Waals surface area contributed by atoms with Crippen LogP contribution in [0.3, 0.4) is 0 Å². The largest absolute Gasteiger partial charge is 0.489 e. The number of carbonyl (C=O) groups is 1. The van der Waals surface area contributed by atoms with E-state index in [1.165, 1.54) is 12.8 Å². The molecule has 138 valence electrons. The van der Waals surface area contributed by atoms with E-state index in [0.29, 0.717) is 34.4 Å². The SMILES string of the molecule is NC(=O)OC1CCN(CCOc2c(Cl)cccc2Cl)C2CCCCC12. The first kappa shape index (κ1) is 18.6. The molecule has 2 fully saturated rings. The minimum absolute atomic E-state index is 0.0574. The van der Waals surface area contributed by atoms with Crippen molar-refractivity contribution < 1.29 is 14.3 Å². The lowest BCUT2D eigenvalue weighted by atomic mass is 9.76. The average molecular weight is 387 g/mol. The van der Waals surface area contributed by atoms with Crippen molar-refractivity contribution >= 4 is 29.3 Å². The number of nitrogens with zero attached hydrogens (tertiary/aromatic N) is 1. The maximum absolute atomic E-state index is 11.2.